The molecule has 0 spiro atoms. The molecule has 0 atom stereocenters. The third kappa shape index (κ3) is 15.6. The Bertz CT molecular complexity index is 4760. The fraction of sp³-hybridized carbons (Fsp3) is 0.246. The van der Waals surface area contributed by atoms with Gasteiger partial charge < -0.3 is 9.64 Å². The van der Waals surface area contributed by atoms with Gasteiger partial charge in [0.15, 0.2) is 19.7 Å². The van der Waals surface area contributed by atoms with Crippen molar-refractivity contribution in [2.45, 2.75) is 79.8 Å². The topological polar surface area (TPSA) is 227 Å². The number of nitrogens with zero attached hydrogens (tertiary/aromatic N) is 4. The molecular formula is C61H60F3N5O12S6. The standard InChI is InChI=1S/C23H18F3NO4S2.C19H21N3O3S2.C17H17NO3S2.CO2.CH4/c1-14-5-3-4-6-20(14)31-21-10-7-16(23(24,25)26)11-15(21)13-33(29,30)17-8-9-19-18(12-17)22(28)32-27(19)2;1-21-17-10-9-14(13-15(17)19(23)26-21)27(24,25)20-16-7-3-4-8-18(16)22-11-5-2-6-12-22;1-11-4-5-12(2)13(8-11)10-23(20,21)14-6-7-16-15(9-14)17(19)22-18(16)3;2-1-3;/h3-12H,13H2,1-2H3;3-4,7-10,13,20H,2,5-6,11-12H2,1H3;4-9H,10H2,1-3H3;;1H4. The normalized spacial score (nSPS) is 12.6. The number of sulfone groups is 2. The van der Waals surface area contributed by atoms with Crippen LogP contribution in [0.25, 0.3) is 32.7 Å². The summed E-state index contributed by atoms with van der Waals surface area (Å²) in [5.41, 5.74) is 5.93. The summed E-state index contributed by atoms with van der Waals surface area (Å²) in [4.78, 5) is 54.8. The molecule has 1 fully saturated rings. The molecule has 1 aliphatic heterocycles. The van der Waals surface area contributed by atoms with E-state index < -0.39 is 47.2 Å². The Balaban J connectivity index is 0.000000184. The van der Waals surface area contributed by atoms with E-state index in [1.54, 1.807) is 94.5 Å². The van der Waals surface area contributed by atoms with Gasteiger partial charge in [-0.1, -0.05) is 61.5 Å². The summed E-state index contributed by atoms with van der Waals surface area (Å²) in [7, 11) is -6.12. The van der Waals surface area contributed by atoms with Gasteiger partial charge in [0.2, 0.25) is 0 Å². The van der Waals surface area contributed by atoms with Gasteiger partial charge in [0.25, 0.3) is 24.3 Å². The van der Waals surface area contributed by atoms with E-state index in [0.29, 0.717) is 27.7 Å². The second-order valence-corrected chi connectivity index (χ2v) is 29.0. The summed E-state index contributed by atoms with van der Waals surface area (Å²) in [6, 6.07) is 36.5. The first-order chi connectivity index (χ1) is 40.6. The highest BCUT2D eigenvalue weighted by Crippen LogP contribution is 2.37. The van der Waals surface area contributed by atoms with Crippen molar-refractivity contribution in [3.05, 3.63) is 202 Å². The van der Waals surface area contributed by atoms with Crippen LogP contribution in [0, 0.1) is 20.8 Å². The molecule has 0 saturated carbocycles. The molecule has 1 N–H and O–H groups in total. The van der Waals surface area contributed by atoms with Gasteiger partial charge in [-0.3, -0.25) is 31.0 Å². The van der Waals surface area contributed by atoms with Gasteiger partial charge in [-0.05, 0) is 182 Å². The minimum absolute atomic E-state index is 0. The predicted molar refractivity (Wildman–Crippen MR) is 337 cm³/mol. The van der Waals surface area contributed by atoms with Gasteiger partial charge in [0.05, 0.1) is 75.8 Å². The number of aryl methyl sites for hydroxylation is 6. The summed E-state index contributed by atoms with van der Waals surface area (Å²) < 4.78 is 131. The molecule has 26 heteroatoms. The maximum Gasteiger partial charge on any atom is 0.416 e. The molecule has 0 aliphatic carbocycles. The predicted octanol–water partition coefficient (Wildman–Crippen LogP) is 12.3. The van der Waals surface area contributed by atoms with Gasteiger partial charge in [-0.15, -0.1) is 0 Å². The van der Waals surface area contributed by atoms with Crippen LogP contribution < -0.4 is 28.6 Å². The highest BCUT2D eigenvalue weighted by molar-refractivity contribution is 7.92. The fourth-order valence-electron chi connectivity index (χ4n) is 9.55. The number of rotatable bonds is 12. The molecule has 1 aliphatic rings. The number of carbonyl (C=O) groups excluding carboxylic acids is 2. The van der Waals surface area contributed by atoms with Crippen molar-refractivity contribution in [3.8, 4) is 11.5 Å². The molecule has 7 aromatic carbocycles. The summed E-state index contributed by atoms with van der Waals surface area (Å²) in [6.45, 7) is 7.47. The molecule has 3 aromatic heterocycles. The lowest BCUT2D eigenvalue weighted by molar-refractivity contribution is -0.191. The molecule has 458 valence electrons. The van der Waals surface area contributed by atoms with Crippen LogP contribution in [0.3, 0.4) is 0 Å². The van der Waals surface area contributed by atoms with Crippen molar-refractivity contribution < 1.29 is 52.8 Å². The van der Waals surface area contributed by atoms with Crippen LogP contribution in [0.5, 0.6) is 11.5 Å². The quantitative estimate of drug-likeness (QED) is 0.120. The Morgan fingerprint density at radius 2 is 1.01 bits per heavy atom. The molecular weight excluding hydrogens is 1240 g/mol. The van der Waals surface area contributed by atoms with Gasteiger partial charge in [0, 0.05) is 39.8 Å². The van der Waals surface area contributed by atoms with E-state index in [0.717, 1.165) is 118 Å². The third-order valence-corrected chi connectivity index (χ3v) is 21.3. The number of piperidine rings is 1. The zero-order chi connectivity index (χ0) is 62.5. The lowest BCUT2D eigenvalue weighted by atomic mass is 10.1. The zero-order valence-corrected chi connectivity index (χ0v) is 51.9. The number of nitrogens with one attached hydrogen (secondary N) is 1. The molecule has 10 aromatic rings. The lowest BCUT2D eigenvalue weighted by Crippen LogP contribution is -2.30. The first-order valence-electron chi connectivity index (χ1n) is 26.2. The molecule has 11 rings (SSSR count). The van der Waals surface area contributed by atoms with Crippen molar-refractivity contribution in [2.75, 3.05) is 22.7 Å². The van der Waals surface area contributed by atoms with E-state index >= 15 is 0 Å². The molecule has 17 nitrogen and oxygen atoms in total. The number of sulfonamides is 1. The molecule has 4 heterocycles. The number of hydrogen-bond acceptors (Lipinski definition) is 16. The van der Waals surface area contributed by atoms with E-state index in [-0.39, 0.29) is 64.9 Å². The number of para-hydroxylation sites is 3. The van der Waals surface area contributed by atoms with Gasteiger partial charge in [0.1, 0.15) is 11.5 Å². The number of fused-ring (bicyclic) bond motifs is 3. The molecule has 0 amide bonds. The van der Waals surface area contributed by atoms with Gasteiger partial charge in [-0.2, -0.15) is 22.8 Å². The van der Waals surface area contributed by atoms with Crippen LogP contribution in [-0.2, 0) is 78.1 Å². The van der Waals surface area contributed by atoms with E-state index in [1.807, 2.05) is 50.2 Å². The highest BCUT2D eigenvalue weighted by Gasteiger charge is 2.32. The summed E-state index contributed by atoms with van der Waals surface area (Å²) in [5.74, 6) is -0.377. The maximum absolute atomic E-state index is 13.3. The SMILES string of the molecule is C.Cc1ccc(C)c(CS(=O)(=O)c2ccc3c(c2)c(=O)sn3C)c1.Cc1ccccc1Oc1ccc(C(F)(F)F)cc1CS(=O)(=O)c1ccc2c(c1)c(=O)sn2C.Cn1sc(=O)c2cc(S(=O)(=O)Nc3ccccc3N3CCCCC3)ccc21.O=C=O. The van der Waals surface area contributed by atoms with Crippen molar-refractivity contribution in [3.63, 3.8) is 0 Å². The van der Waals surface area contributed by atoms with Crippen molar-refractivity contribution in [1.82, 2.24) is 11.9 Å². The van der Waals surface area contributed by atoms with Crippen LogP contribution in [0.1, 0.15) is 60.1 Å². The fourth-order valence-corrected chi connectivity index (χ4v) is 15.8. The number of alkyl halides is 3. The summed E-state index contributed by atoms with van der Waals surface area (Å²) >= 11 is 3.08. The second kappa shape index (κ2) is 27.4. The van der Waals surface area contributed by atoms with Gasteiger partial charge in [-0.25, -0.2) is 25.3 Å². The van der Waals surface area contributed by atoms with E-state index in [2.05, 4.69) is 9.62 Å². The third-order valence-electron chi connectivity index (χ3n) is 14.0. The van der Waals surface area contributed by atoms with Crippen LogP contribution in [-0.4, -0.2) is 56.4 Å². The number of aromatic nitrogens is 3. The minimum Gasteiger partial charge on any atom is -0.457 e. The number of halogens is 3. The Hall–Kier alpha value is -7.97. The Kier molecular flexibility index (Phi) is 20.9. The highest BCUT2D eigenvalue weighted by atomic mass is 32.2. The van der Waals surface area contributed by atoms with Crippen LogP contribution in [0.2, 0.25) is 0 Å². The molecule has 1 saturated heterocycles. The molecule has 0 bridgehead atoms. The van der Waals surface area contributed by atoms with Crippen LogP contribution in [0.4, 0.5) is 24.5 Å². The minimum atomic E-state index is -4.65. The first-order valence-corrected chi connectivity index (χ1v) is 33.3. The molecule has 0 unspecified atom stereocenters. The van der Waals surface area contributed by atoms with Crippen LogP contribution >= 0.6 is 34.6 Å². The Morgan fingerprint density at radius 1 is 0.540 bits per heavy atom. The van der Waals surface area contributed by atoms with Crippen molar-refractivity contribution >= 4 is 115 Å². The summed E-state index contributed by atoms with van der Waals surface area (Å²) in [6.07, 6.45) is -0.972. The van der Waals surface area contributed by atoms with Gasteiger partial charge >= 0.3 is 12.3 Å². The second-order valence-electron chi connectivity index (χ2n) is 20.1. The van der Waals surface area contributed by atoms with E-state index in [4.69, 9.17) is 14.3 Å². The lowest BCUT2D eigenvalue weighted by Gasteiger charge is -2.30. The van der Waals surface area contributed by atoms with Crippen molar-refractivity contribution in [2.24, 2.45) is 21.1 Å². The number of benzene rings is 7. The van der Waals surface area contributed by atoms with Crippen molar-refractivity contribution in [1.29, 1.82) is 0 Å². The largest absolute Gasteiger partial charge is 0.457 e. The Morgan fingerprint density at radius 3 is 1.53 bits per heavy atom. The first kappa shape index (κ1) is 66.6. The van der Waals surface area contributed by atoms with E-state index in [9.17, 15) is 52.8 Å². The van der Waals surface area contributed by atoms with Crippen LogP contribution in [0.15, 0.2) is 169 Å². The number of anilines is 2. The smallest absolute Gasteiger partial charge is 0.416 e. The monoisotopic (exact) mass is 1300 g/mol. The average Bonchev–Trinajstić information content (AvgIpc) is 2.07. The zero-order valence-electron chi connectivity index (χ0n) is 47.0. The number of ether oxygens (including phenoxy) is 1. The maximum atomic E-state index is 13.3. The summed E-state index contributed by atoms with van der Waals surface area (Å²) in [5, 5.41) is 1.12. The molecule has 87 heavy (non-hydrogen) atoms. The Labute approximate surface area is 512 Å². The molecule has 0 radical (unpaired) electrons. The average molecular weight is 1300 g/mol. The van der Waals surface area contributed by atoms with E-state index in [1.165, 1.54) is 36.8 Å². The number of hydrogen-bond donors (Lipinski definition) is 1.